The quantitative estimate of drug-likeness (QED) is 0.926. The summed E-state index contributed by atoms with van der Waals surface area (Å²) >= 11 is 0. The zero-order valence-electron chi connectivity index (χ0n) is 14.5. The van der Waals surface area contributed by atoms with E-state index in [1.165, 1.54) is 0 Å². The minimum Gasteiger partial charge on any atom is -0.478 e. The van der Waals surface area contributed by atoms with Crippen molar-refractivity contribution in [3.8, 4) is 0 Å². The Balaban J connectivity index is 1.67. The second-order valence-corrected chi connectivity index (χ2v) is 7.14. The predicted molar refractivity (Wildman–Crippen MR) is 90.2 cm³/mol. The summed E-state index contributed by atoms with van der Waals surface area (Å²) in [5.41, 5.74) is 2.44. The van der Waals surface area contributed by atoms with E-state index in [0.717, 1.165) is 16.8 Å². The minimum absolute atomic E-state index is 0.258. The smallest absolute Gasteiger partial charge is 0.410 e. The number of rotatable bonds is 3. The third-order valence-electron chi connectivity index (χ3n) is 3.80. The maximum absolute atomic E-state index is 12.1. The lowest BCUT2D eigenvalue weighted by molar-refractivity contribution is 0.0239. The van der Waals surface area contributed by atoms with Gasteiger partial charge in [-0.25, -0.2) is 9.59 Å². The molecule has 3 rings (SSSR count). The average Bonchev–Trinajstić information content (AvgIpc) is 3.04. The van der Waals surface area contributed by atoms with E-state index in [9.17, 15) is 9.59 Å². The lowest BCUT2D eigenvalue weighted by atomic mass is 10.1. The highest BCUT2D eigenvalue weighted by atomic mass is 16.6. The molecule has 7 nitrogen and oxygen atoms in total. The van der Waals surface area contributed by atoms with E-state index in [-0.39, 0.29) is 11.7 Å². The average molecular weight is 343 g/mol. The van der Waals surface area contributed by atoms with Crippen molar-refractivity contribution in [1.29, 1.82) is 0 Å². The van der Waals surface area contributed by atoms with Gasteiger partial charge >= 0.3 is 12.1 Å². The first-order valence-electron chi connectivity index (χ1n) is 8.06. The van der Waals surface area contributed by atoms with Crippen molar-refractivity contribution in [3.05, 3.63) is 52.8 Å². The number of nitrogens with zero attached hydrogens (tertiary/aromatic N) is 3. The molecule has 2 aromatic rings. The first kappa shape index (κ1) is 17.0. The van der Waals surface area contributed by atoms with Crippen LogP contribution in [-0.4, -0.2) is 37.5 Å². The van der Waals surface area contributed by atoms with Crippen molar-refractivity contribution >= 4 is 12.1 Å². The topological polar surface area (TPSA) is 84.7 Å². The molecule has 1 aromatic carbocycles. The van der Waals surface area contributed by atoms with E-state index >= 15 is 0 Å². The fourth-order valence-corrected chi connectivity index (χ4v) is 2.74. The largest absolute Gasteiger partial charge is 0.478 e. The van der Waals surface area contributed by atoms with Gasteiger partial charge in [0, 0.05) is 11.8 Å². The van der Waals surface area contributed by atoms with E-state index in [2.05, 4.69) is 5.10 Å². The number of aromatic nitrogens is 2. The van der Waals surface area contributed by atoms with E-state index in [1.807, 2.05) is 33.0 Å². The molecule has 1 aromatic heterocycles. The van der Waals surface area contributed by atoms with Crippen molar-refractivity contribution < 1.29 is 19.4 Å². The van der Waals surface area contributed by atoms with Gasteiger partial charge in [0.2, 0.25) is 0 Å². The maximum atomic E-state index is 12.1. The SMILES string of the molecule is CC(C)(C)OC(=O)N1Cc2cn(Cc3cccc(C(=O)O)c3)nc2C1. The Morgan fingerprint density at radius 3 is 2.68 bits per heavy atom. The number of hydrogen-bond acceptors (Lipinski definition) is 4. The fourth-order valence-electron chi connectivity index (χ4n) is 2.74. The molecule has 0 fully saturated rings. The highest BCUT2D eigenvalue weighted by Crippen LogP contribution is 2.24. The van der Waals surface area contributed by atoms with Crippen LogP contribution in [-0.2, 0) is 24.4 Å². The molecule has 0 saturated heterocycles. The molecule has 0 atom stereocenters. The lowest BCUT2D eigenvalue weighted by Crippen LogP contribution is -2.33. The molecule has 0 aliphatic carbocycles. The number of carbonyl (C=O) groups excluding carboxylic acids is 1. The van der Waals surface area contributed by atoms with Crippen LogP contribution in [0, 0.1) is 0 Å². The summed E-state index contributed by atoms with van der Waals surface area (Å²) in [6, 6.07) is 6.79. The third kappa shape index (κ3) is 3.99. The number of carbonyl (C=O) groups is 2. The van der Waals surface area contributed by atoms with Crippen LogP contribution in [0.15, 0.2) is 30.5 Å². The van der Waals surface area contributed by atoms with Gasteiger partial charge in [0.1, 0.15) is 5.60 Å². The molecular formula is C18H21N3O4. The number of fused-ring (bicyclic) bond motifs is 1. The molecule has 7 heteroatoms. The molecule has 0 unspecified atom stereocenters. The van der Waals surface area contributed by atoms with Gasteiger partial charge in [0.05, 0.1) is 30.9 Å². The highest BCUT2D eigenvalue weighted by molar-refractivity contribution is 5.87. The Hall–Kier alpha value is -2.83. The maximum Gasteiger partial charge on any atom is 0.410 e. The van der Waals surface area contributed by atoms with Crippen LogP contribution in [0.2, 0.25) is 0 Å². The summed E-state index contributed by atoms with van der Waals surface area (Å²) < 4.78 is 7.16. The van der Waals surface area contributed by atoms with E-state index in [0.29, 0.717) is 19.6 Å². The Kier molecular flexibility index (Phi) is 4.24. The van der Waals surface area contributed by atoms with Crippen molar-refractivity contribution in [1.82, 2.24) is 14.7 Å². The van der Waals surface area contributed by atoms with Gasteiger partial charge in [-0.05, 0) is 38.5 Å². The minimum atomic E-state index is -0.946. The Morgan fingerprint density at radius 1 is 1.28 bits per heavy atom. The molecule has 0 radical (unpaired) electrons. The van der Waals surface area contributed by atoms with Crippen LogP contribution in [0.3, 0.4) is 0 Å². The number of ether oxygens (including phenoxy) is 1. The number of amides is 1. The van der Waals surface area contributed by atoms with Crippen molar-refractivity contribution in [2.75, 3.05) is 0 Å². The van der Waals surface area contributed by atoms with Crippen LogP contribution in [0.1, 0.15) is 48.0 Å². The van der Waals surface area contributed by atoms with Gasteiger partial charge in [0.25, 0.3) is 0 Å². The van der Waals surface area contributed by atoms with Crippen molar-refractivity contribution in [2.45, 2.75) is 46.0 Å². The molecule has 1 aliphatic heterocycles. The van der Waals surface area contributed by atoms with Crippen molar-refractivity contribution in [2.24, 2.45) is 0 Å². The number of benzene rings is 1. The van der Waals surface area contributed by atoms with Gasteiger partial charge in [-0.2, -0.15) is 5.10 Å². The Morgan fingerprint density at radius 2 is 2.04 bits per heavy atom. The second kappa shape index (κ2) is 6.23. The van der Waals surface area contributed by atoms with Gasteiger partial charge in [-0.15, -0.1) is 0 Å². The third-order valence-corrected chi connectivity index (χ3v) is 3.80. The van der Waals surface area contributed by atoms with Gasteiger partial charge < -0.3 is 9.84 Å². The van der Waals surface area contributed by atoms with Crippen LogP contribution in [0.5, 0.6) is 0 Å². The molecule has 132 valence electrons. The number of aromatic carboxylic acids is 1. The molecule has 2 heterocycles. The van der Waals surface area contributed by atoms with Crippen LogP contribution in [0.4, 0.5) is 4.79 Å². The summed E-state index contributed by atoms with van der Waals surface area (Å²) in [7, 11) is 0. The molecular weight excluding hydrogens is 322 g/mol. The summed E-state index contributed by atoms with van der Waals surface area (Å²) in [6.45, 7) is 6.90. The first-order valence-corrected chi connectivity index (χ1v) is 8.06. The predicted octanol–water partition coefficient (Wildman–Crippen LogP) is 2.88. The molecule has 0 bridgehead atoms. The van der Waals surface area contributed by atoms with Crippen molar-refractivity contribution in [3.63, 3.8) is 0 Å². The molecule has 0 saturated carbocycles. The molecule has 1 N–H and O–H groups in total. The van der Waals surface area contributed by atoms with E-state index in [1.54, 1.807) is 27.8 Å². The number of carboxylic acids is 1. The molecule has 1 aliphatic rings. The zero-order valence-corrected chi connectivity index (χ0v) is 14.5. The number of carboxylic acid groups (broad SMARTS) is 1. The Bertz CT molecular complexity index is 796. The van der Waals surface area contributed by atoms with Crippen LogP contribution >= 0.6 is 0 Å². The summed E-state index contributed by atoms with van der Waals surface area (Å²) in [5.74, 6) is -0.946. The summed E-state index contributed by atoms with van der Waals surface area (Å²) in [4.78, 5) is 24.8. The monoisotopic (exact) mass is 343 g/mol. The Labute approximate surface area is 145 Å². The van der Waals surface area contributed by atoms with Gasteiger partial charge in [-0.3, -0.25) is 9.58 Å². The second-order valence-electron chi connectivity index (χ2n) is 7.14. The molecule has 25 heavy (non-hydrogen) atoms. The number of hydrogen-bond donors (Lipinski definition) is 1. The molecule has 1 amide bonds. The van der Waals surface area contributed by atoms with Crippen LogP contribution in [0.25, 0.3) is 0 Å². The molecule has 0 spiro atoms. The van der Waals surface area contributed by atoms with Gasteiger partial charge in [0.15, 0.2) is 0 Å². The fraction of sp³-hybridized carbons (Fsp3) is 0.389. The normalized spacial score (nSPS) is 13.6. The van der Waals surface area contributed by atoms with E-state index in [4.69, 9.17) is 9.84 Å². The standard InChI is InChI=1S/C18H21N3O4/c1-18(2,3)25-17(24)20-9-14-10-21(19-15(14)11-20)8-12-5-4-6-13(7-12)16(22)23/h4-7,10H,8-9,11H2,1-3H3,(H,22,23). The zero-order chi connectivity index (χ0) is 18.2. The van der Waals surface area contributed by atoms with Gasteiger partial charge in [-0.1, -0.05) is 12.1 Å². The first-order chi connectivity index (χ1) is 11.7. The lowest BCUT2D eigenvalue weighted by Gasteiger charge is -2.24. The summed E-state index contributed by atoms with van der Waals surface area (Å²) in [6.07, 6.45) is 1.55. The van der Waals surface area contributed by atoms with Crippen LogP contribution < -0.4 is 0 Å². The highest BCUT2D eigenvalue weighted by Gasteiger charge is 2.29. The van der Waals surface area contributed by atoms with E-state index < -0.39 is 11.6 Å². The summed E-state index contributed by atoms with van der Waals surface area (Å²) in [5, 5.41) is 13.6.